The first kappa shape index (κ1) is 19.9. The van der Waals surface area contributed by atoms with Crippen LogP contribution in [0, 0.1) is 5.82 Å². The molecular formula is C22H22FN3O4. The summed E-state index contributed by atoms with van der Waals surface area (Å²) < 4.78 is 19.1. The smallest absolute Gasteiger partial charge is 0.256 e. The average molecular weight is 411 g/mol. The number of anilines is 1. The van der Waals surface area contributed by atoms with Crippen LogP contribution in [0.5, 0.6) is 5.75 Å². The molecule has 1 fully saturated rings. The molecule has 30 heavy (non-hydrogen) atoms. The van der Waals surface area contributed by atoms with Crippen molar-refractivity contribution in [3.8, 4) is 5.75 Å². The second kappa shape index (κ2) is 8.14. The summed E-state index contributed by atoms with van der Waals surface area (Å²) in [6, 6.07) is 10.4. The lowest BCUT2D eigenvalue weighted by Crippen LogP contribution is -2.48. The van der Waals surface area contributed by atoms with Gasteiger partial charge in [-0.05, 0) is 37.1 Å². The lowest BCUT2D eigenvalue weighted by molar-refractivity contribution is -0.125. The second-order valence-corrected chi connectivity index (χ2v) is 7.33. The molecule has 2 aromatic rings. The maximum absolute atomic E-state index is 13.8. The Bertz CT molecular complexity index is 1010. The van der Waals surface area contributed by atoms with E-state index in [0.29, 0.717) is 25.1 Å². The van der Waals surface area contributed by atoms with E-state index in [-0.39, 0.29) is 42.1 Å². The first-order chi connectivity index (χ1) is 14.5. The summed E-state index contributed by atoms with van der Waals surface area (Å²) in [7, 11) is 1.55. The first-order valence-corrected chi connectivity index (χ1v) is 9.80. The Morgan fingerprint density at radius 1 is 1.23 bits per heavy atom. The van der Waals surface area contributed by atoms with Crippen LogP contribution in [0.2, 0.25) is 0 Å². The molecule has 0 radical (unpaired) electrons. The van der Waals surface area contributed by atoms with E-state index < -0.39 is 11.9 Å². The Hall–Kier alpha value is -3.42. The summed E-state index contributed by atoms with van der Waals surface area (Å²) >= 11 is 0. The van der Waals surface area contributed by atoms with Crippen molar-refractivity contribution in [2.75, 3.05) is 25.1 Å². The van der Waals surface area contributed by atoms with E-state index in [1.165, 1.54) is 21.9 Å². The van der Waals surface area contributed by atoms with Crippen LogP contribution in [-0.2, 0) is 16.1 Å². The molecule has 4 rings (SSSR count). The molecule has 1 saturated heterocycles. The molecule has 0 aromatic heterocycles. The van der Waals surface area contributed by atoms with Gasteiger partial charge in [-0.1, -0.05) is 18.2 Å². The number of carbonyl (C=O) groups excluding carboxylic acids is 3. The Balaban J connectivity index is 1.57. The van der Waals surface area contributed by atoms with Crippen LogP contribution in [0.25, 0.3) is 0 Å². The fraction of sp³-hybridized carbons (Fsp3) is 0.318. The van der Waals surface area contributed by atoms with Gasteiger partial charge in [0.2, 0.25) is 11.8 Å². The van der Waals surface area contributed by atoms with Crippen molar-refractivity contribution >= 4 is 23.4 Å². The number of carbonyl (C=O) groups is 3. The molecule has 0 unspecified atom stereocenters. The molecule has 0 saturated carbocycles. The Morgan fingerprint density at radius 3 is 2.83 bits per heavy atom. The normalized spacial score (nSPS) is 18.0. The molecule has 1 N–H and O–H groups in total. The third-order valence-corrected chi connectivity index (χ3v) is 5.51. The van der Waals surface area contributed by atoms with Gasteiger partial charge in [0.1, 0.15) is 24.2 Å². The minimum absolute atomic E-state index is 0.102. The minimum Gasteiger partial charge on any atom is -0.496 e. The van der Waals surface area contributed by atoms with Gasteiger partial charge in [-0.2, -0.15) is 0 Å². The average Bonchev–Trinajstić information content (AvgIpc) is 3.23. The van der Waals surface area contributed by atoms with Gasteiger partial charge in [0.05, 0.1) is 18.4 Å². The monoisotopic (exact) mass is 411 g/mol. The van der Waals surface area contributed by atoms with Crippen LogP contribution in [0.1, 0.15) is 28.8 Å². The molecule has 8 heteroatoms. The lowest BCUT2D eigenvalue weighted by atomic mass is 10.1. The highest BCUT2D eigenvalue weighted by Gasteiger charge is 2.42. The van der Waals surface area contributed by atoms with Crippen LogP contribution in [0.15, 0.2) is 42.5 Å². The Morgan fingerprint density at radius 2 is 2.03 bits per heavy atom. The topological polar surface area (TPSA) is 79.0 Å². The van der Waals surface area contributed by atoms with Crippen LogP contribution in [0.3, 0.4) is 0 Å². The Kier molecular flexibility index (Phi) is 5.39. The van der Waals surface area contributed by atoms with Crippen molar-refractivity contribution in [1.82, 2.24) is 10.2 Å². The summed E-state index contributed by atoms with van der Waals surface area (Å²) in [6.07, 6.45) is 1.22. The molecule has 3 amide bonds. The van der Waals surface area contributed by atoms with E-state index in [1.807, 2.05) is 18.2 Å². The van der Waals surface area contributed by atoms with Crippen LogP contribution in [0.4, 0.5) is 10.1 Å². The van der Waals surface area contributed by atoms with Crippen molar-refractivity contribution in [3.63, 3.8) is 0 Å². The first-order valence-electron chi connectivity index (χ1n) is 9.80. The maximum Gasteiger partial charge on any atom is 0.256 e. The summed E-state index contributed by atoms with van der Waals surface area (Å²) in [6.45, 7) is 0.416. The molecule has 156 valence electrons. The molecule has 2 aromatic carbocycles. The maximum atomic E-state index is 13.8. The fourth-order valence-corrected chi connectivity index (χ4v) is 4.04. The highest BCUT2D eigenvalue weighted by atomic mass is 19.1. The number of nitrogens with zero attached hydrogens (tertiary/aromatic N) is 2. The Labute approximate surface area is 173 Å². The van der Waals surface area contributed by atoms with Crippen molar-refractivity contribution in [1.29, 1.82) is 0 Å². The van der Waals surface area contributed by atoms with E-state index in [4.69, 9.17) is 4.74 Å². The highest BCUT2D eigenvalue weighted by Crippen LogP contribution is 2.32. The SMILES string of the molecule is COc1ccccc1CNC(=O)CN1C(=O)[C@@H]2CCCN2C(=O)c2cc(F)ccc21. The zero-order valence-electron chi connectivity index (χ0n) is 16.6. The molecule has 2 heterocycles. The van der Waals surface area contributed by atoms with E-state index in [0.717, 1.165) is 11.6 Å². The highest BCUT2D eigenvalue weighted by molar-refractivity contribution is 6.12. The number of halogens is 1. The molecular weight excluding hydrogens is 389 g/mol. The number of fused-ring (bicyclic) bond motifs is 2. The number of hydrogen-bond donors (Lipinski definition) is 1. The van der Waals surface area contributed by atoms with Gasteiger partial charge in [-0.3, -0.25) is 14.4 Å². The largest absolute Gasteiger partial charge is 0.496 e. The summed E-state index contributed by atoms with van der Waals surface area (Å²) in [5.41, 5.74) is 1.16. The van der Waals surface area contributed by atoms with E-state index in [1.54, 1.807) is 13.2 Å². The van der Waals surface area contributed by atoms with Crippen LogP contribution < -0.4 is 15.0 Å². The number of ether oxygens (including phenoxy) is 1. The van der Waals surface area contributed by atoms with Gasteiger partial charge in [0, 0.05) is 18.7 Å². The van der Waals surface area contributed by atoms with E-state index in [9.17, 15) is 18.8 Å². The third kappa shape index (κ3) is 3.60. The number of nitrogens with one attached hydrogen (secondary N) is 1. The predicted molar refractivity (Wildman–Crippen MR) is 108 cm³/mol. The zero-order chi connectivity index (χ0) is 21.3. The third-order valence-electron chi connectivity index (χ3n) is 5.51. The lowest BCUT2D eigenvalue weighted by Gasteiger charge is -2.25. The number of para-hydroxylation sites is 1. The molecule has 2 aliphatic rings. The summed E-state index contributed by atoms with van der Waals surface area (Å²) in [5, 5.41) is 2.79. The molecule has 0 aliphatic carbocycles. The zero-order valence-corrected chi connectivity index (χ0v) is 16.6. The molecule has 1 atom stereocenters. The minimum atomic E-state index is -0.630. The molecule has 0 bridgehead atoms. The number of benzene rings is 2. The molecule has 2 aliphatic heterocycles. The van der Waals surface area contributed by atoms with Crippen LogP contribution in [-0.4, -0.2) is 48.9 Å². The van der Waals surface area contributed by atoms with Crippen molar-refractivity contribution in [3.05, 3.63) is 59.4 Å². The van der Waals surface area contributed by atoms with Crippen molar-refractivity contribution in [2.24, 2.45) is 0 Å². The van der Waals surface area contributed by atoms with Crippen LogP contribution >= 0.6 is 0 Å². The van der Waals surface area contributed by atoms with E-state index >= 15 is 0 Å². The van der Waals surface area contributed by atoms with Crippen molar-refractivity contribution in [2.45, 2.75) is 25.4 Å². The van der Waals surface area contributed by atoms with Gasteiger partial charge in [0.15, 0.2) is 0 Å². The number of hydrogen-bond acceptors (Lipinski definition) is 4. The van der Waals surface area contributed by atoms with Gasteiger partial charge < -0.3 is 19.9 Å². The van der Waals surface area contributed by atoms with Gasteiger partial charge in [0.25, 0.3) is 5.91 Å². The number of methoxy groups -OCH3 is 1. The quantitative estimate of drug-likeness (QED) is 0.817. The standard InChI is InChI=1S/C22H22FN3O4/c1-30-19-7-3-2-5-14(19)12-24-20(27)13-26-17-9-8-15(23)11-16(17)21(28)25-10-4-6-18(25)22(26)29/h2-3,5,7-9,11,18H,4,6,10,12-13H2,1H3,(H,24,27)/t18-/m0/s1. The molecule has 0 spiro atoms. The van der Waals surface area contributed by atoms with Crippen molar-refractivity contribution < 1.29 is 23.5 Å². The molecule has 7 nitrogen and oxygen atoms in total. The number of amides is 3. The van der Waals surface area contributed by atoms with E-state index in [2.05, 4.69) is 5.32 Å². The number of rotatable bonds is 5. The fourth-order valence-electron chi connectivity index (χ4n) is 4.04. The van der Waals surface area contributed by atoms with Gasteiger partial charge >= 0.3 is 0 Å². The van der Waals surface area contributed by atoms with Gasteiger partial charge in [-0.15, -0.1) is 0 Å². The summed E-state index contributed by atoms with van der Waals surface area (Å²) in [5.74, 6) is -0.996. The summed E-state index contributed by atoms with van der Waals surface area (Å²) in [4.78, 5) is 41.5. The van der Waals surface area contributed by atoms with Gasteiger partial charge in [-0.25, -0.2) is 4.39 Å². The second-order valence-electron chi connectivity index (χ2n) is 7.33. The predicted octanol–water partition coefficient (Wildman–Crippen LogP) is 2.10.